The molecular formula is C19H25N3O3S. The van der Waals surface area contributed by atoms with Crippen molar-refractivity contribution in [1.29, 1.82) is 0 Å². The number of carbonyl (C=O) groups excluding carboxylic acids is 1. The second-order valence-corrected chi connectivity index (χ2v) is 9.73. The van der Waals surface area contributed by atoms with Gasteiger partial charge in [-0.05, 0) is 49.6 Å². The third-order valence-corrected chi connectivity index (χ3v) is 7.89. The molecule has 3 heterocycles. The molecule has 140 valence electrons. The number of H-pyrrole nitrogens is 1. The van der Waals surface area contributed by atoms with Crippen molar-refractivity contribution in [1.82, 2.24) is 15.2 Å². The Morgan fingerprint density at radius 1 is 1.19 bits per heavy atom. The molecule has 0 aliphatic carbocycles. The van der Waals surface area contributed by atoms with Crippen LogP contribution in [0.1, 0.15) is 43.8 Å². The van der Waals surface area contributed by atoms with Crippen LogP contribution in [0.5, 0.6) is 0 Å². The second-order valence-electron chi connectivity index (χ2n) is 7.33. The van der Waals surface area contributed by atoms with Gasteiger partial charge in [-0.3, -0.25) is 0 Å². The minimum Gasteiger partial charge on any atom is -0.357 e. The lowest BCUT2D eigenvalue weighted by atomic mass is 9.99. The summed E-state index contributed by atoms with van der Waals surface area (Å²) in [6.07, 6.45) is 4.33. The predicted octanol–water partition coefficient (Wildman–Crippen LogP) is 2.98. The molecule has 0 saturated carbocycles. The summed E-state index contributed by atoms with van der Waals surface area (Å²) in [5.41, 5.74) is 2.13. The van der Waals surface area contributed by atoms with E-state index < -0.39 is 15.1 Å². The Hall–Kier alpha value is -2.02. The van der Waals surface area contributed by atoms with Crippen LogP contribution in [0.4, 0.5) is 4.79 Å². The molecule has 7 heteroatoms. The summed E-state index contributed by atoms with van der Waals surface area (Å²) in [6.45, 7) is 0.917. The van der Waals surface area contributed by atoms with Crippen molar-refractivity contribution < 1.29 is 13.2 Å². The van der Waals surface area contributed by atoms with E-state index in [1.54, 1.807) is 0 Å². The van der Waals surface area contributed by atoms with Crippen LogP contribution in [-0.4, -0.2) is 48.4 Å². The first-order valence-electron chi connectivity index (χ1n) is 9.38. The molecule has 2 aliphatic rings. The molecule has 2 fully saturated rings. The maximum atomic E-state index is 12.8. The Morgan fingerprint density at radius 3 is 2.81 bits per heavy atom. The third kappa shape index (κ3) is 3.32. The number of sulfone groups is 1. The van der Waals surface area contributed by atoms with Gasteiger partial charge in [0.25, 0.3) is 0 Å². The van der Waals surface area contributed by atoms with Crippen LogP contribution in [0.3, 0.4) is 0 Å². The van der Waals surface area contributed by atoms with E-state index in [2.05, 4.69) is 22.4 Å². The minimum absolute atomic E-state index is 0.0105. The zero-order valence-electron chi connectivity index (χ0n) is 14.8. The van der Waals surface area contributed by atoms with Crippen molar-refractivity contribution >= 4 is 26.8 Å². The van der Waals surface area contributed by atoms with Gasteiger partial charge in [0.2, 0.25) is 0 Å². The van der Waals surface area contributed by atoms with Crippen molar-refractivity contribution in [2.75, 3.05) is 18.8 Å². The molecule has 1 aromatic carbocycles. The number of amides is 2. The molecule has 0 unspecified atom stereocenters. The fourth-order valence-electron chi connectivity index (χ4n) is 4.16. The first-order chi connectivity index (χ1) is 12.5. The van der Waals surface area contributed by atoms with Crippen LogP contribution in [0.2, 0.25) is 0 Å². The predicted molar refractivity (Wildman–Crippen MR) is 102 cm³/mol. The minimum atomic E-state index is -3.04. The van der Waals surface area contributed by atoms with Gasteiger partial charge in [-0.2, -0.15) is 0 Å². The molecule has 26 heavy (non-hydrogen) atoms. The summed E-state index contributed by atoms with van der Waals surface area (Å²) < 4.78 is 23.9. The SMILES string of the molecule is O=C(NC[C@H]1CCCS1(=O)=O)N1CCCC[C@H]1c1cc2ccccc2[nH]1. The van der Waals surface area contributed by atoms with Crippen LogP contribution < -0.4 is 5.32 Å². The van der Waals surface area contributed by atoms with Gasteiger partial charge in [-0.25, -0.2) is 13.2 Å². The molecule has 4 rings (SSSR count). The van der Waals surface area contributed by atoms with E-state index in [1.807, 2.05) is 23.1 Å². The van der Waals surface area contributed by atoms with Gasteiger partial charge in [0.1, 0.15) is 0 Å². The fraction of sp³-hybridized carbons (Fsp3) is 0.526. The van der Waals surface area contributed by atoms with Crippen LogP contribution in [0.15, 0.2) is 30.3 Å². The Kier molecular flexibility index (Phi) is 4.65. The standard InChI is InChI=1S/C19H25N3O3S/c23-19(20-13-15-7-5-11-26(15,24)25)22-10-4-3-9-18(22)17-12-14-6-1-2-8-16(14)21-17/h1-2,6,8,12,15,18,21H,3-5,7,9-11,13H2,(H,20,23)/t15-,18+/m1/s1. The summed E-state index contributed by atoms with van der Waals surface area (Å²) >= 11 is 0. The number of aromatic nitrogens is 1. The number of hydrogen-bond acceptors (Lipinski definition) is 3. The van der Waals surface area contributed by atoms with E-state index >= 15 is 0 Å². The van der Waals surface area contributed by atoms with Gasteiger partial charge < -0.3 is 15.2 Å². The molecule has 2 amide bonds. The second kappa shape index (κ2) is 6.95. The average molecular weight is 375 g/mol. The van der Waals surface area contributed by atoms with E-state index in [1.165, 1.54) is 0 Å². The molecule has 0 spiro atoms. The van der Waals surface area contributed by atoms with Crippen LogP contribution in [0, 0.1) is 0 Å². The Balaban J connectivity index is 1.49. The lowest BCUT2D eigenvalue weighted by molar-refractivity contribution is 0.150. The highest BCUT2D eigenvalue weighted by Gasteiger charge is 2.33. The normalized spacial score (nSPS) is 25.5. The number of para-hydroxylation sites is 1. The van der Waals surface area contributed by atoms with E-state index in [9.17, 15) is 13.2 Å². The first kappa shape index (κ1) is 17.4. The fourth-order valence-corrected chi connectivity index (χ4v) is 5.93. The summed E-state index contributed by atoms with van der Waals surface area (Å²) in [5, 5.41) is 3.59. The lowest BCUT2D eigenvalue weighted by Crippen LogP contribution is -2.47. The van der Waals surface area contributed by atoms with Gasteiger partial charge in [0.15, 0.2) is 9.84 Å². The van der Waals surface area contributed by atoms with Gasteiger partial charge in [-0.15, -0.1) is 0 Å². The highest BCUT2D eigenvalue weighted by Crippen LogP contribution is 2.32. The van der Waals surface area contributed by atoms with Crippen molar-refractivity contribution in [2.24, 2.45) is 0 Å². The molecule has 2 atom stereocenters. The first-order valence-corrected chi connectivity index (χ1v) is 11.1. The molecule has 0 radical (unpaired) electrons. The zero-order valence-corrected chi connectivity index (χ0v) is 15.6. The number of nitrogens with zero attached hydrogens (tertiary/aromatic N) is 1. The summed E-state index contributed by atoms with van der Waals surface area (Å²) in [7, 11) is -3.04. The number of likely N-dealkylation sites (tertiary alicyclic amines) is 1. The van der Waals surface area contributed by atoms with Crippen LogP contribution >= 0.6 is 0 Å². The lowest BCUT2D eigenvalue weighted by Gasteiger charge is -2.35. The van der Waals surface area contributed by atoms with Crippen LogP contribution in [-0.2, 0) is 9.84 Å². The molecule has 1 aromatic heterocycles. The van der Waals surface area contributed by atoms with Crippen molar-refractivity contribution in [3.05, 3.63) is 36.0 Å². The van der Waals surface area contributed by atoms with Gasteiger partial charge in [0.05, 0.1) is 17.0 Å². The average Bonchev–Trinajstić information content (AvgIpc) is 3.22. The van der Waals surface area contributed by atoms with Crippen molar-refractivity contribution in [3.63, 3.8) is 0 Å². The van der Waals surface area contributed by atoms with E-state index in [4.69, 9.17) is 0 Å². The molecule has 2 aliphatic heterocycles. The number of piperidine rings is 1. The van der Waals surface area contributed by atoms with Crippen molar-refractivity contribution in [2.45, 2.75) is 43.4 Å². The Morgan fingerprint density at radius 2 is 2.04 bits per heavy atom. The maximum Gasteiger partial charge on any atom is 0.318 e. The summed E-state index contributed by atoms with van der Waals surface area (Å²) in [4.78, 5) is 18.1. The highest BCUT2D eigenvalue weighted by molar-refractivity contribution is 7.92. The number of benzene rings is 1. The van der Waals surface area contributed by atoms with E-state index in [0.717, 1.165) is 35.9 Å². The summed E-state index contributed by atoms with van der Waals surface area (Å²) in [6, 6.07) is 10.1. The third-order valence-electron chi connectivity index (χ3n) is 5.62. The Bertz CT molecular complexity index is 873. The number of carbonyl (C=O) groups is 1. The number of aromatic amines is 1. The molecule has 2 N–H and O–H groups in total. The number of hydrogen-bond donors (Lipinski definition) is 2. The monoisotopic (exact) mass is 375 g/mol. The van der Waals surface area contributed by atoms with Gasteiger partial charge >= 0.3 is 6.03 Å². The molecule has 2 saturated heterocycles. The Labute approximate surface area is 153 Å². The quantitative estimate of drug-likeness (QED) is 0.865. The number of nitrogens with one attached hydrogen (secondary N) is 2. The molecular weight excluding hydrogens is 350 g/mol. The number of fused-ring (bicyclic) bond motifs is 1. The highest BCUT2D eigenvalue weighted by atomic mass is 32.2. The smallest absolute Gasteiger partial charge is 0.318 e. The van der Waals surface area contributed by atoms with E-state index in [0.29, 0.717) is 19.4 Å². The van der Waals surface area contributed by atoms with Gasteiger partial charge in [-0.1, -0.05) is 18.2 Å². The number of urea groups is 1. The zero-order chi connectivity index (χ0) is 18.1. The molecule has 2 aromatic rings. The largest absolute Gasteiger partial charge is 0.357 e. The van der Waals surface area contributed by atoms with E-state index in [-0.39, 0.29) is 24.4 Å². The molecule has 0 bridgehead atoms. The summed E-state index contributed by atoms with van der Waals surface area (Å²) in [5.74, 6) is 0.245. The van der Waals surface area contributed by atoms with Crippen LogP contribution in [0.25, 0.3) is 10.9 Å². The maximum absolute atomic E-state index is 12.8. The molecule has 6 nitrogen and oxygen atoms in total. The van der Waals surface area contributed by atoms with Crippen molar-refractivity contribution in [3.8, 4) is 0 Å². The number of rotatable bonds is 3. The topological polar surface area (TPSA) is 82.3 Å². The van der Waals surface area contributed by atoms with Gasteiger partial charge in [0, 0.05) is 24.3 Å².